The zero-order chi connectivity index (χ0) is 16.7. The molecule has 0 aromatic carbocycles. The highest BCUT2D eigenvalue weighted by Gasteiger charge is 2.45. The van der Waals surface area contributed by atoms with Crippen molar-refractivity contribution in [3.8, 4) is 0 Å². The summed E-state index contributed by atoms with van der Waals surface area (Å²) in [5.41, 5.74) is 4.66. The number of aliphatic hydroxyl groups is 3. The van der Waals surface area contributed by atoms with E-state index >= 15 is 0 Å². The molecule has 11 heteroatoms. The number of imidazole rings is 1. The van der Waals surface area contributed by atoms with Crippen LogP contribution in [0.1, 0.15) is 12.1 Å². The summed E-state index contributed by atoms with van der Waals surface area (Å²) in [4.78, 5) is 33.4. The quantitative estimate of drug-likeness (QED) is 0.389. The van der Waals surface area contributed by atoms with Crippen molar-refractivity contribution >= 4 is 17.1 Å². The summed E-state index contributed by atoms with van der Waals surface area (Å²) in [6.07, 6.45) is -4.12. The van der Waals surface area contributed by atoms with Crippen LogP contribution in [0.3, 0.4) is 0 Å². The fourth-order valence-corrected chi connectivity index (χ4v) is 2.61. The predicted molar refractivity (Wildman–Crippen MR) is 74.1 cm³/mol. The third-order valence-corrected chi connectivity index (χ3v) is 3.66. The molecule has 2 aromatic rings. The Morgan fingerprint density at radius 1 is 1.43 bits per heavy atom. The average Bonchev–Trinajstić information content (AvgIpc) is 2.98. The molecule has 0 aliphatic carbocycles. The molecule has 23 heavy (non-hydrogen) atoms. The molecule has 0 unspecified atom stereocenters. The number of nitrogens with zero attached hydrogens (tertiary/aromatic N) is 3. The van der Waals surface area contributed by atoms with E-state index in [0.717, 1.165) is 6.33 Å². The van der Waals surface area contributed by atoms with Gasteiger partial charge in [-0.3, -0.25) is 14.2 Å². The number of ether oxygens (including phenoxy) is 1. The summed E-state index contributed by atoms with van der Waals surface area (Å²) in [6.45, 7) is -0.513. The molecule has 0 bridgehead atoms. The van der Waals surface area contributed by atoms with Crippen LogP contribution in [0, 0.1) is 0 Å². The van der Waals surface area contributed by atoms with Crippen molar-refractivity contribution in [3.63, 3.8) is 0 Å². The molecule has 0 saturated carbocycles. The van der Waals surface area contributed by atoms with E-state index in [1.807, 2.05) is 0 Å². The number of amides is 1. The predicted octanol–water partition coefficient (Wildman–Crippen LogP) is -3.24. The van der Waals surface area contributed by atoms with E-state index < -0.39 is 42.6 Å². The molecular weight excluding hydrogens is 310 g/mol. The maximum absolute atomic E-state index is 11.8. The number of nitrogens with two attached hydrogens (primary N) is 1. The smallest absolute Gasteiger partial charge is 0.278 e. The Kier molecular flexibility index (Phi) is 3.85. The summed E-state index contributed by atoms with van der Waals surface area (Å²) in [6, 6.07) is 0. The molecule has 0 spiro atoms. The van der Waals surface area contributed by atoms with Crippen molar-refractivity contribution < 1.29 is 24.9 Å². The first kappa shape index (κ1) is 15.6. The zero-order valence-corrected chi connectivity index (χ0v) is 11.8. The lowest BCUT2D eigenvalue weighted by molar-refractivity contribution is -0.117. The highest BCUT2D eigenvalue weighted by atomic mass is 16.6. The Balaban J connectivity index is 2.17. The molecule has 1 aliphatic heterocycles. The number of rotatable bonds is 4. The summed E-state index contributed by atoms with van der Waals surface area (Å²) in [5, 5.41) is 29.2. The van der Waals surface area contributed by atoms with Crippen molar-refractivity contribution in [3.05, 3.63) is 22.5 Å². The largest absolute Gasteiger partial charge is 0.394 e. The minimum atomic E-state index is -1.41. The van der Waals surface area contributed by atoms with Gasteiger partial charge in [-0.15, -0.1) is 0 Å². The van der Waals surface area contributed by atoms with Gasteiger partial charge in [0.1, 0.15) is 24.1 Å². The van der Waals surface area contributed by atoms with E-state index in [2.05, 4.69) is 15.0 Å². The Hall–Kier alpha value is -2.34. The van der Waals surface area contributed by atoms with Crippen LogP contribution in [-0.4, -0.2) is 65.7 Å². The number of aromatic nitrogens is 4. The summed E-state index contributed by atoms with van der Waals surface area (Å²) in [5.74, 6) is -0.642. The molecule has 124 valence electrons. The zero-order valence-electron chi connectivity index (χ0n) is 11.8. The molecular formula is C12H15N5O6. The first-order chi connectivity index (χ1) is 10.9. The standard InChI is InChI=1S/C12H15N5O6/c13-5(19)1-6-16-7-10(14-3-15-11(7)22)17(6)12-9(21)8(20)4(2-18)23-12/h3-4,8-9,12,18,20-21H,1-2H2,(H2,13,19)(H,14,15,22)/t4-,8-,9-,12-/m0/s1. The lowest BCUT2D eigenvalue weighted by atomic mass is 10.1. The van der Waals surface area contributed by atoms with Crippen LogP contribution in [0.2, 0.25) is 0 Å². The number of hydrogen-bond acceptors (Lipinski definition) is 8. The van der Waals surface area contributed by atoms with Crippen LogP contribution in [0.5, 0.6) is 0 Å². The summed E-state index contributed by atoms with van der Waals surface area (Å²) < 4.78 is 6.65. The average molecular weight is 325 g/mol. The lowest BCUT2D eigenvalue weighted by Crippen LogP contribution is -2.33. The topological polar surface area (TPSA) is 177 Å². The monoisotopic (exact) mass is 325 g/mol. The van der Waals surface area contributed by atoms with Gasteiger partial charge in [0.05, 0.1) is 19.4 Å². The van der Waals surface area contributed by atoms with Crippen molar-refractivity contribution in [1.29, 1.82) is 0 Å². The highest BCUT2D eigenvalue weighted by molar-refractivity contribution is 5.78. The van der Waals surface area contributed by atoms with E-state index in [1.54, 1.807) is 0 Å². The summed E-state index contributed by atoms with van der Waals surface area (Å²) in [7, 11) is 0. The fraction of sp³-hybridized carbons (Fsp3) is 0.500. The second kappa shape index (κ2) is 5.70. The normalized spacial score (nSPS) is 27.6. The molecule has 1 aliphatic rings. The SMILES string of the molecule is NC(=O)Cc1nc2c(=O)[nH]cnc2n1[C@H]1O[C@@H](CO)[C@H](O)[C@@H]1O. The van der Waals surface area contributed by atoms with Gasteiger partial charge in [-0.1, -0.05) is 0 Å². The number of aromatic amines is 1. The highest BCUT2D eigenvalue weighted by Crippen LogP contribution is 2.32. The van der Waals surface area contributed by atoms with E-state index in [-0.39, 0.29) is 23.4 Å². The van der Waals surface area contributed by atoms with Gasteiger partial charge < -0.3 is 30.8 Å². The van der Waals surface area contributed by atoms with Gasteiger partial charge in [-0.25, -0.2) is 9.97 Å². The van der Waals surface area contributed by atoms with E-state index in [1.165, 1.54) is 4.57 Å². The maximum atomic E-state index is 11.8. The van der Waals surface area contributed by atoms with Gasteiger partial charge in [0.2, 0.25) is 5.91 Å². The molecule has 1 fully saturated rings. The van der Waals surface area contributed by atoms with E-state index in [4.69, 9.17) is 10.5 Å². The number of aliphatic hydroxyl groups excluding tert-OH is 3. The first-order valence-electron chi connectivity index (χ1n) is 6.79. The second-order valence-corrected chi connectivity index (χ2v) is 5.17. The number of carbonyl (C=O) groups excluding carboxylic acids is 1. The molecule has 6 N–H and O–H groups in total. The Labute approximate surface area is 128 Å². The fourth-order valence-electron chi connectivity index (χ4n) is 2.61. The lowest BCUT2D eigenvalue weighted by Gasteiger charge is -2.18. The van der Waals surface area contributed by atoms with Crippen molar-refractivity contribution in [2.45, 2.75) is 31.0 Å². The first-order valence-corrected chi connectivity index (χ1v) is 6.79. The van der Waals surface area contributed by atoms with Crippen molar-refractivity contribution in [1.82, 2.24) is 19.5 Å². The number of fused-ring (bicyclic) bond motifs is 1. The van der Waals surface area contributed by atoms with Gasteiger partial charge in [0, 0.05) is 0 Å². The minimum absolute atomic E-state index is 0.0542. The number of carbonyl (C=O) groups is 1. The Bertz CT molecular complexity index is 801. The molecule has 3 rings (SSSR count). The Morgan fingerprint density at radius 3 is 2.78 bits per heavy atom. The number of hydrogen-bond donors (Lipinski definition) is 5. The van der Waals surface area contributed by atoms with Crippen molar-refractivity contribution in [2.75, 3.05) is 6.61 Å². The Morgan fingerprint density at radius 2 is 2.17 bits per heavy atom. The number of primary amides is 1. The van der Waals surface area contributed by atoms with Crippen LogP contribution in [0.4, 0.5) is 0 Å². The minimum Gasteiger partial charge on any atom is -0.394 e. The molecule has 2 aromatic heterocycles. The van der Waals surface area contributed by atoms with Gasteiger partial charge in [-0.2, -0.15) is 0 Å². The number of nitrogens with one attached hydrogen (secondary N) is 1. The van der Waals surface area contributed by atoms with Gasteiger partial charge in [-0.05, 0) is 0 Å². The van der Waals surface area contributed by atoms with Crippen molar-refractivity contribution in [2.24, 2.45) is 5.73 Å². The van der Waals surface area contributed by atoms with Crippen LogP contribution in [-0.2, 0) is 16.0 Å². The van der Waals surface area contributed by atoms with Gasteiger partial charge in [0.25, 0.3) is 5.56 Å². The summed E-state index contributed by atoms with van der Waals surface area (Å²) >= 11 is 0. The van der Waals surface area contributed by atoms with Crippen LogP contribution >= 0.6 is 0 Å². The molecule has 1 amide bonds. The third-order valence-electron chi connectivity index (χ3n) is 3.66. The van der Waals surface area contributed by atoms with Crippen LogP contribution < -0.4 is 11.3 Å². The van der Waals surface area contributed by atoms with E-state index in [0.29, 0.717) is 0 Å². The van der Waals surface area contributed by atoms with E-state index in [9.17, 15) is 24.9 Å². The third kappa shape index (κ3) is 2.49. The molecule has 1 saturated heterocycles. The molecule has 3 heterocycles. The second-order valence-electron chi connectivity index (χ2n) is 5.17. The van der Waals surface area contributed by atoms with Gasteiger partial charge in [0.15, 0.2) is 17.4 Å². The molecule has 4 atom stereocenters. The maximum Gasteiger partial charge on any atom is 0.278 e. The van der Waals surface area contributed by atoms with Crippen LogP contribution in [0.15, 0.2) is 11.1 Å². The van der Waals surface area contributed by atoms with Gasteiger partial charge >= 0.3 is 0 Å². The molecule has 0 radical (unpaired) electrons. The molecule has 11 nitrogen and oxygen atoms in total. The number of H-pyrrole nitrogens is 1. The van der Waals surface area contributed by atoms with Crippen LogP contribution in [0.25, 0.3) is 11.2 Å².